The van der Waals surface area contributed by atoms with Crippen molar-refractivity contribution < 1.29 is 9.59 Å². The maximum Gasteiger partial charge on any atom is 0.315 e. The second-order valence-corrected chi connectivity index (χ2v) is 4.23. The molecule has 0 unspecified atom stereocenters. The summed E-state index contributed by atoms with van der Waals surface area (Å²) in [6, 6.07) is 0.0975. The van der Waals surface area contributed by atoms with E-state index in [1.165, 1.54) is 0 Å². The monoisotopic (exact) mass is 226 g/mol. The van der Waals surface area contributed by atoms with Gasteiger partial charge in [-0.2, -0.15) is 0 Å². The van der Waals surface area contributed by atoms with Crippen molar-refractivity contribution in [2.75, 3.05) is 32.7 Å². The van der Waals surface area contributed by atoms with Crippen LogP contribution in [0.15, 0.2) is 0 Å². The molecule has 0 bridgehead atoms. The fraction of sp³-hybridized carbons (Fsp3) is 0.800. The summed E-state index contributed by atoms with van der Waals surface area (Å²) in [5, 5.41) is 8.54. The Balaban J connectivity index is 1.63. The van der Waals surface area contributed by atoms with Gasteiger partial charge in [-0.15, -0.1) is 0 Å². The summed E-state index contributed by atoms with van der Waals surface area (Å²) in [6.07, 6.45) is 2.11. The molecule has 0 atom stereocenters. The Labute approximate surface area is 94.7 Å². The van der Waals surface area contributed by atoms with E-state index in [-0.39, 0.29) is 18.5 Å². The third kappa shape index (κ3) is 3.37. The Bertz CT molecular complexity index is 272. The highest BCUT2D eigenvalue weighted by molar-refractivity contribution is 5.84. The Hall–Kier alpha value is -1.30. The van der Waals surface area contributed by atoms with Gasteiger partial charge in [0.1, 0.15) is 0 Å². The number of urea groups is 1. The first-order valence-electron chi connectivity index (χ1n) is 5.78. The highest BCUT2D eigenvalue weighted by Gasteiger charge is 2.23. The van der Waals surface area contributed by atoms with Gasteiger partial charge in [0.15, 0.2) is 0 Å². The fourth-order valence-corrected chi connectivity index (χ4v) is 1.65. The van der Waals surface area contributed by atoms with E-state index in [2.05, 4.69) is 16.0 Å². The van der Waals surface area contributed by atoms with Gasteiger partial charge < -0.3 is 20.9 Å². The third-order valence-electron chi connectivity index (χ3n) is 2.78. The number of amides is 3. The largest absolute Gasteiger partial charge is 0.339 e. The van der Waals surface area contributed by atoms with Crippen molar-refractivity contribution in [3.63, 3.8) is 0 Å². The number of carbonyl (C=O) groups is 2. The smallest absolute Gasteiger partial charge is 0.315 e. The molecule has 2 rings (SSSR count). The Kier molecular flexibility index (Phi) is 3.61. The summed E-state index contributed by atoms with van der Waals surface area (Å²) in [5.74, 6) is -0.00699. The number of carbonyl (C=O) groups excluding carboxylic acids is 2. The fourth-order valence-electron chi connectivity index (χ4n) is 1.65. The zero-order valence-corrected chi connectivity index (χ0v) is 9.29. The Morgan fingerprint density at radius 3 is 2.56 bits per heavy atom. The van der Waals surface area contributed by atoms with Gasteiger partial charge in [0.25, 0.3) is 0 Å². The molecule has 6 heteroatoms. The van der Waals surface area contributed by atoms with Gasteiger partial charge in [0, 0.05) is 32.2 Å². The molecule has 3 amide bonds. The van der Waals surface area contributed by atoms with Gasteiger partial charge in [-0.3, -0.25) is 4.79 Å². The first-order chi connectivity index (χ1) is 7.75. The van der Waals surface area contributed by atoms with Crippen molar-refractivity contribution in [2.24, 2.45) is 0 Å². The average Bonchev–Trinajstić information content (AvgIpc) is 3.11. The molecule has 0 spiro atoms. The predicted octanol–water partition coefficient (Wildman–Crippen LogP) is -1.12. The van der Waals surface area contributed by atoms with Crippen LogP contribution in [0.3, 0.4) is 0 Å². The van der Waals surface area contributed by atoms with Crippen LogP contribution in [0.4, 0.5) is 4.79 Å². The first kappa shape index (κ1) is 11.2. The van der Waals surface area contributed by atoms with Crippen molar-refractivity contribution in [1.29, 1.82) is 0 Å². The van der Waals surface area contributed by atoms with Crippen LogP contribution in [0.1, 0.15) is 12.8 Å². The lowest BCUT2D eigenvalue weighted by atomic mass is 10.3. The van der Waals surface area contributed by atoms with E-state index >= 15 is 0 Å². The summed E-state index contributed by atoms with van der Waals surface area (Å²) < 4.78 is 0. The molecule has 1 saturated carbocycles. The lowest BCUT2D eigenvalue weighted by molar-refractivity contribution is -0.130. The van der Waals surface area contributed by atoms with Gasteiger partial charge in [-0.05, 0) is 12.8 Å². The summed E-state index contributed by atoms with van der Waals surface area (Å²) in [4.78, 5) is 24.7. The van der Waals surface area contributed by atoms with Gasteiger partial charge in [-0.1, -0.05) is 0 Å². The van der Waals surface area contributed by atoms with Crippen LogP contribution in [0.25, 0.3) is 0 Å². The molecule has 1 heterocycles. The first-order valence-corrected chi connectivity index (χ1v) is 5.78. The minimum Gasteiger partial charge on any atom is -0.339 e. The van der Waals surface area contributed by atoms with Crippen LogP contribution in [0.5, 0.6) is 0 Å². The van der Waals surface area contributed by atoms with Crippen LogP contribution in [0.2, 0.25) is 0 Å². The van der Waals surface area contributed by atoms with Gasteiger partial charge in [0.2, 0.25) is 5.91 Å². The molecular formula is C10H18N4O2. The lowest BCUT2D eigenvalue weighted by Gasteiger charge is -2.27. The molecule has 90 valence electrons. The Morgan fingerprint density at radius 2 is 1.94 bits per heavy atom. The number of nitrogens with zero attached hydrogens (tertiary/aromatic N) is 1. The summed E-state index contributed by atoms with van der Waals surface area (Å²) in [7, 11) is 0. The van der Waals surface area contributed by atoms with Crippen LogP contribution in [-0.2, 0) is 4.79 Å². The zero-order chi connectivity index (χ0) is 11.4. The van der Waals surface area contributed by atoms with Crippen molar-refractivity contribution in [1.82, 2.24) is 20.9 Å². The molecule has 0 aromatic heterocycles. The summed E-state index contributed by atoms with van der Waals surface area (Å²) >= 11 is 0. The zero-order valence-electron chi connectivity index (χ0n) is 9.29. The van der Waals surface area contributed by atoms with Crippen molar-refractivity contribution in [3.8, 4) is 0 Å². The molecular weight excluding hydrogens is 208 g/mol. The van der Waals surface area contributed by atoms with Crippen molar-refractivity contribution in [3.05, 3.63) is 0 Å². The topological polar surface area (TPSA) is 73.5 Å². The molecule has 1 saturated heterocycles. The Morgan fingerprint density at radius 1 is 1.25 bits per heavy atom. The minimum absolute atomic E-state index is 0.00699. The minimum atomic E-state index is -0.231. The lowest BCUT2D eigenvalue weighted by Crippen LogP contribution is -2.50. The maximum absolute atomic E-state index is 11.7. The molecule has 2 aliphatic rings. The number of hydrogen-bond acceptors (Lipinski definition) is 3. The molecule has 0 aromatic carbocycles. The van der Waals surface area contributed by atoms with E-state index in [1.807, 2.05) is 0 Å². The van der Waals surface area contributed by atoms with Gasteiger partial charge in [0.05, 0.1) is 6.54 Å². The SMILES string of the molecule is O=C(NCC(=O)N1CCNCC1)NC1CC1. The predicted molar refractivity (Wildman–Crippen MR) is 59.0 cm³/mol. The van der Waals surface area contributed by atoms with Crippen molar-refractivity contribution >= 4 is 11.9 Å². The quantitative estimate of drug-likeness (QED) is 0.571. The molecule has 2 fully saturated rings. The number of nitrogens with one attached hydrogen (secondary N) is 3. The summed E-state index contributed by atoms with van der Waals surface area (Å²) in [5.41, 5.74) is 0. The summed E-state index contributed by atoms with van der Waals surface area (Å²) in [6.45, 7) is 3.22. The van der Waals surface area contributed by atoms with E-state index in [0.717, 1.165) is 39.0 Å². The maximum atomic E-state index is 11.7. The van der Waals surface area contributed by atoms with Crippen LogP contribution in [0, 0.1) is 0 Å². The van der Waals surface area contributed by atoms with E-state index < -0.39 is 0 Å². The molecule has 0 aromatic rings. The highest BCUT2D eigenvalue weighted by atomic mass is 16.2. The molecule has 1 aliphatic heterocycles. The van der Waals surface area contributed by atoms with E-state index in [1.54, 1.807) is 4.90 Å². The normalized spacial score (nSPS) is 20.4. The van der Waals surface area contributed by atoms with Gasteiger partial charge >= 0.3 is 6.03 Å². The molecule has 6 nitrogen and oxygen atoms in total. The third-order valence-corrected chi connectivity index (χ3v) is 2.78. The van der Waals surface area contributed by atoms with Crippen molar-refractivity contribution in [2.45, 2.75) is 18.9 Å². The molecule has 3 N–H and O–H groups in total. The number of piperazine rings is 1. The van der Waals surface area contributed by atoms with Gasteiger partial charge in [-0.25, -0.2) is 4.79 Å². The second-order valence-electron chi connectivity index (χ2n) is 4.23. The average molecular weight is 226 g/mol. The van der Waals surface area contributed by atoms with E-state index in [0.29, 0.717) is 6.04 Å². The van der Waals surface area contributed by atoms with E-state index in [4.69, 9.17) is 0 Å². The molecule has 1 aliphatic carbocycles. The number of hydrogen-bond donors (Lipinski definition) is 3. The molecule has 0 radical (unpaired) electrons. The van der Waals surface area contributed by atoms with E-state index in [9.17, 15) is 9.59 Å². The molecule has 16 heavy (non-hydrogen) atoms. The number of rotatable bonds is 3. The van der Waals surface area contributed by atoms with Crippen LogP contribution in [-0.4, -0.2) is 55.6 Å². The van der Waals surface area contributed by atoms with Crippen LogP contribution >= 0.6 is 0 Å². The second kappa shape index (κ2) is 5.16. The standard InChI is InChI=1S/C10H18N4O2/c15-9(14-5-3-11-4-6-14)7-12-10(16)13-8-1-2-8/h8,11H,1-7H2,(H2,12,13,16). The van der Waals surface area contributed by atoms with Crippen LogP contribution < -0.4 is 16.0 Å². The highest BCUT2D eigenvalue weighted by Crippen LogP contribution is 2.18.